The van der Waals surface area contributed by atoms with Crippen LogP contribution in [-0.4, -0.2) is 94.9 Å². The zero-order valence-electron chi connectivity index (χ0n) is 24.1. The molecule has 0 unspecified atom stereocenters. The number of sulfonamides is 2. The Labute approximate surface area is 247 Å². The third-order valence-electron chi connectivity index (χ3n) is 7.07. The number of carbonyl (C=O) groups excluding carboxylic acids is 1. The lowest BCUT2D eigenvalue weighted by atomic mass is 10.0. The topological polar surface area (TPSA) is 143 Å². The largest absolute Gasteiger partial charge is 0.490 e. The van der Waals surface area contributed by atoms with E-state index in [1.807, 2.05) is 13.8 Å². The molecular formula is C27H41N3O8S3. The van der Waals surface area contributed by atoms with Crippen LogP contribution < -0.4 is 9.46 Å². The van der Waals surface area contributed by atoms with E-state index in [-0.39, 0.29) is 47.2 Å². The van der Waals surface area contributed by atoms with Crippen molar-refractivity contribution in [1.82, 2.24) is 9.21 Å². The van der Waals surface area contributed by atoms with Crippen LogP contribution in [-0.2, 0) is 24.8 Å². The molecule has 0 saturated heterocycles. The number of aliphatic hydroxyl groups is 1. The molecule has 11 nitrogen and oxygen atoms in total. The van der Waals surface area contributed by atoms with E-state index in [4.69, 9.17) is 9.47 Å². The van der Waals surface area contributed by atoms with Gasteiger partial charge in [-0.15, -0.1) is 11.3 Å². The van der Waals surface area contributed by atoms with Gasteiger partial charge in [0.05, 0.1) is 36.7 Å². The zero-order chi connectivity index (χ0) is 30.4. The lowest BCUT2D eigenvalue weighted by molar-refractivity contribution is -0.00828. The summed E-state index contributed by atoms with van der Waals surface area (Å²) in [4.78, 5) is 15.6. The Kier molecular flexibility index (Phi) is 11.6. The number of rotatable bonds is 8. The SMILES string of the molecule is C[C@H](CO)N1C[C@H](C)[C@H](CN(C)S(C)(=O)=O)OCCCC[C@H](C)Oc2ccc(NS(=O)(=O)c3cccs3)cc2C1=O. The minimum Gasteiger partial charge on any atom is -0.490 e. The van der Waals surface area contributed by atoms with E-state index < -0.39 is 38.1 Å². The summed E-state index contributed by atoms with van der Waals surface area (Å²) < 4.78 is 66.3. The van der Waals surface area contributed by atoms with Gasteiger partial charge in [-0.05, 0) is 62.8 Å². The van der Waals surface area contributed by atoms with Crippen LogP contribution in [0.15, 0.2) is 39.9 Å². The summed E-state index contributed by atoms with van der Waals surface area (Å²) in [6.07, 6.45) is 2.60. The maximum absolute atomic E-state index is 14.1. The van der Waals surface area contributed by atoms with E-state index in [9.17, 15) is 26.7 Å². The molecule has 0 saturated carbocycles. The zero-order valence-corrected chi connectivity index (χ0v) is 26.6. The quantitative estimate of drug-likeness (QED) is 0.452. The Hall–Kier alpha value is -2.23. The summed E-state index contributed by atoms with van der Waals surface area (Å²) in [5.74, 6) is -0.444. The number of carbonyl (C=O) groups is 1. The first kappa shape index (κ1) is 33.3. The van der Waals surface area contributed by atoms with E-state index in [1.54, 1.807) is 30.5 Å². The standard InChI is InChI=1S/C27H41N3O8S3/c1-19-16-30(20(2)18-31)27(32)23-15-22(28-41(35,36)26-10-8-14-39-26)11-12-24(23)38-21(3)9-6-7-13-37-25(19)17-29(4)40(5,33)34/h8,10-12,14-15,19-21,25,28,31H,6-7,9,13,16-18H2,1-5H3/t19-,20+,21-,25-/m0/s1. The maximum Gasteiger partial charge on any atom is 0.271 e. The molecule has 0 fully saturated rings. The molecule has 1 aromatic heterocycles. The predicted molar refractivity (Wildman–Crippen MR) is 159 cm³/mol. The molecule has 2 N–H and O–H groups in total. The highest BCUT2D eigenvalue weighted by atomic mass is 32.2. The van der Waals surface area contributed by atoms with Crippen molar-refractivity contribution >= 4 is 43.0 Å². The molecule has 230 valence electrons. The number of anilines is 1. The molecule has 3 rings (SSSR count). The number of ether oxygens (including phenoxy) is 2. The first-order valence-corrected chi connectivity index (χ1v) is 17.8. The molecule has 1 aliphatic heterocycles. The van der Waals surface area contributed by atoms with Gasteiger partial charge in [0.1, 0.15) is 9.96 Å². The molecule has 41 heavy (non-hydrogen) atoms. The second-order valence-electron chi connectivity index (χ2n) is 10.6. The van der Waals surface area contributed by atoms with Crippen LogP contribution in [0.3, 0.4) is 0 Å². The van der Waals surface area contributed by atoms with Crippen molar-refractivity contribution in [2.45, 2.75) is 62.5 Å². The molecule has 0 radical (unpaired) electrons. The molecule has 0 spiro atoms. The molecule has 1 amide bonds. The van der Waals surface area contributed by atoms with E-state index in [1.165, 1.54) is 28.4 Å². The van der Waals surface area contributed by atoms with Crippen molar-refractivity contribution in [1.29, 1.82) is 0 Å². The van der Waals surface area contributed by atoms with Crippen molar-refractivity contribution in [3.8, 4) is 5.75 Å². The molecule has 0 bridgehead atoms. The molecule has 2 aromatic rings. The van der Waals surface area contributed by atoms with E-state index in [0.717, 1.165) is 30.4 Å². The minimum absolute atomic E-state index is 0.111. The molecule has 4 atom stereocenters. The fourth-order valence-corrected chi connectivity index (χ4v) is 6.92. The van der Waals surface area contributed by atoms with Gasteiger partial charge < -0.3 is 19.5 Å². The third-order valence-corrected chi connectivity index (χ3v) is 11.1. The third kappa shape index (κ3) is 9.13. The number of aliphatic hydroxyl groups excluding tert-OH is 1. The van der Waals surface area contributed by atoms with Crippen molar-refractivity contribution in [2.75, 3.05) is 44.3 Å². The number of amides is 1. The molecular weight excluding hydrogens is 591 g/mol. The van der Waals surface area contributed by atoms with Crippen LogP contribution >= 0.6 is 11.3 Å². The minimum atomic E-state index is -3.86. The summed E-state index contributed by atoms with van der Waals surface area (Å²) in [5.41, 5.74) is 0.349. The van der Waals surface area contributed by atoms with E-state index >= 15 is 0 Å². The second-order valence-corrected chi connectivity index (χ2v) is 15.5. The predicted octanol–water partition coefficient (Wildman–Crippen LogP) is 3.24. The van der Waals surface area contributed by atoms with Gasteiger partial charge in [0, 0.05) is 38.3 Å². The van der Waals surface area contributed by atoms with Gasteiger partial charge in [-0.25, -0.2) is 21.1 Å². The highest BCUT2D eigenvalue weighted by Gasteiger charge is 2.31. The summed E-state index contributed by atoms with van der Waals surface area (Å²) >= 11 is 1.08. The molecule has 14 heteroatoms. The Balaban J connectivity index is 2.02. The Morgan fingerprint density at radius 1 is 1.20 bits per heavy atom. The number of hydrogen-bond acceptors (Lipinski definition) is 9. The highest BCUT2D eigenvalue weighted by Crippen LogP contribution is 2.30. The smallest absolute Gasteiger partial charge is 0.271 e. The monoisotopic (exact) mass is 631 g/mol. The first-order chi connectivity index (χ1) is 19.2. The lowest BCUT2D eigenvalue weighted by Gasteiger charge is -2.35. The normalized spacial score (nSPS) is 22.5. The number of benzene rings is 1. The van der Waals surface area contributed by atoms with Crippen LogP contribution in [0.2, 0.25) is 0 Å². The van der Waals surface area contributed by atoms with Crippen LogP contribution in [0.5, 0.6) is 5.75 Å². The first-order valence-electron chi connectivity index (χ1n) is 13.5. The van der Waals surface area contributed by atoms with Crippen molar-refractivity contribution in [3.63, 3.8) is 0 Å². The lowest BCUT2D eigenvalue weighted by Crippen LogP contribution is -2.47. The van der Waals surface area contributed by atoms with Crippen LogP contribution in [0.1, 0.15) is 50.4 Å². The molecule has 1 aliphatic rings. The van der Waals surface area contributed by atoms with Gasteiger partial charge in [-0.2, -0.15) is 0 Å². The van der Waals surface area contributed by atoms with Gasteiger partial charge >= 0.3 is 0 Å². The maximum atomic E-state index is 14.1. The van der Waals surface area contributed by atoms with Crippen molar-refractivity contribution < 1.29 is 36.2 Å². The van der Waals surface area contributed by atoms with Crippen LogP contribution in [0.4, 0.5) is 5.69 Å². The molecule has 1 aromatic carbocycles. The Morgan fingerprint density at radius 3 is 2.56 bits per heavy atom. The highest BCUT2D eigenvalue weighted by molar-refractivity contribution is 7.94. The second kappa shape index (κ2) is 14.3. The number of nitrogens with zero attached hydrogens (tertiary/aromatic N) is 2. The number of likely N-dealkylation sites (N-methyl/N-ethyl adjacent to an activating group) is 1. The summed E-state index contributed by atoms with van der Waals surface area (Å²) in [6.45, 7) is 5.86. The van der Waals surface area contributed by atoms with Crippen molar-refractivity contribution in [2.24, 2.45) is 5.92 Å². The van der Waals surface area contributed by atoms with Crippen molar-refractivity contribution in [3.05, 3.63) is 41.3 Å². The van der Waals surface area contributed by atoms with Gasteiger partial charge in [0.15, 0.2) is 0 Å². The summed E-state index contributed by atoms with van der Waals surface area (Å²) in [7, 11) is -5.82. The van der Waals surface area contributed by atoms with Gasteiger partial charge in [-0.3, -0.25) is 9.52 Å². The van der Waals surface area contributed by atoms with Gasteiger partial charge in [-0.1, -0.05) is 13.0 Å². The number of nitrogens with one attached hydrogen (secondary N) is 1. The summed E-state index contributed by atoms with van der Waals surface area (Å²) in [6, 6.07) is 7.13. The number of hydrogen-bond donors (Lipinski definition) is 2. The average molecular weight is 632 g/mol. The van der Waals surface area contributed by atoms with E-state index in [0.29, 0.717) is 18.8 Å². The summed E-state index contributed by atoms with van der Waals surface area (Å²) in [5, 5.41) is 11.7. The number of thiophene rings is 1. The van der Waals surface area contributed by atoms with E-state index in [2.05, 4.69) is 4.72 Å². The van der Waals surface area contributed by atoms with Gasteiger partial charge in [0.25, 0.3) is 15.9 Å². The van der Waals surface area contributed by atoms with Gasteiger partial charge in [0.2, 0.25) is 10.0 Å². The molecule has 2 heterocycles. The van der Waals surface area contributed by atoms with Crippen LogP contribution in [0, 0.1) is 5.92 Å². The average Bonchev–Trinajstić information content (AvgIpc) is 3.46. The molecule has 0 aliphatic carbocycles. The number of fused-ring (bicyclic) bond motifs is 1. The Bertz CT molecular complexity index is 1370. The van der Waals surface area contributed by atoms with Crippen LogP contribution in [0.25, 0.3) is 0 Å². The Morgan fingerprint density at radius 2 is 1.93 bits per heavy atom. The fraction of sp³-hybridized carbons (Fsp3) is 0.593. The fourth-order valence-electron chi connectivity index (χ4n) is 4.46.